The van der Waals surface area contributed by atoms with Gasteiger partial charge in [0.05, 0.1) is 23.9 Å². The van der Waals surface area contributed by atoms with Crippen LogP contribution in [0.3, 0.4) is 0 Å². The van der Waals surface area contributed by atoms with Crippen molar-refractivity contribution in [2.24, 2.45) is 4.99 Å². The quantitative estimate of drug-likeness (QED) is 0.557. The largest absolute Gasteiger partial charge is 0.597 e. The second kappa shape index (κ2) is 7.65. The first kappa shape index (κ1) is 21.5. The summed E-state index contributed by atoms with van der Waals surface area (Å²) in [6, 6.07) is 3.68. The van der Waals surface area contributed by atoms with E-state index in [0.29, 0.717) is 11.3 Å². The zero-order valence-corrected chi connectivity index (χ0v) is 17.3. The molecule has 0 aliphatic carbocycles. The number of nitrogens with one attached hydrogen (secondary N) is 1. The predicted molar refractivity (Wildman–Crippen MR) is 105 cm³/mol. The Kier molecular flexibility index (Phi) is 6.08. The van der Waals surface area contributed by atoms with Gasteiger partial charge in [0.1, 0.15) is 11.4 Å². The molecule has 150 valence electrons. The average molecular weight is 399 g/mol. The average Bonchev–Trinajstić information content (AvgIpc) is 2.59. The van der Waals surface area contributed by atoms with Gasteiger partial charge in [0.2, 0.25) is 0 Å². The van der Waals surface area contributed by atoms with Gasteiger partial charge in [-0.25, -0.2) is 9.18 Å². The molecule has 0 spiro atoms. The minimum Gasteiger partial charge on any atom is -0.597 e. The lowest BCUT2D eigenvalue weighted by molar-refractivity contribution is 0.0603. The Balaban J connectivity index is 2.46. The Morgan fingerprint density at radius 1 is 1.48 bits per heavy atom. The molecule has 2 atom stereocenters. The molecule has 2 rings (SSSR count). The van der Waals surface area contributed by atoms with Crippen molar-refractivity contribution >= 4 is 29.0 Å². The van der Waals surface area contributed by atoms with E-state index in [-0.39, 0.29) is 12.4 Å². The molecule has 7 nitrogen and oxygen atoms in total. The number of aliphatic imine (C=N–C) groups is 1. The van der Waals surface area contributed by atoms with Gasteiger partial charge in [-0.1, -0.05) is 0 Å². The van der Waals surface area contributed by atoms with Crippen LogP contribution >= 0.6 is 0 Å². The maximum Gasteiger partial charge on any atom is 0.435 e. The summed E-state index contributed by atoms with van der Waals surface area (Å²) in [6.07, 6.45) is -0.800. The number of rotatable bonds is 1. The highest BCUT2D eigenvalue weighted by Crippen LogP contribution is 2.30. The predicted octanol–water partition coefficient (Wildman–Crippen LogP) is 2.76. The summed E-state index contributed by atoms with van der Waals surface area (Å²) in [6.45, 7) is 8.83. The van der Waals surface area contributed by atoms with Gasteiger partial charge < -0.3 is 20.3 Å². The summed E-state index contributed by atoms with van der Waals surface area (Å²) in [7, 11) is 1.67. The molecule has 1 amide bonds. The molecule has 1 saturated heterocycles. The fourth-order valence-electron chi connectivity index (χ4n) is 2.73. The van der Waals surface area contributed by atoms with Crippen molar-refractivity contribution in [3.8, 4) is 0 Å². The first-order valence-corrected chi connectivity index (χ1v) is 9.68. The zero-order chi connectivity index (χ0) is 20.6. The molecular formula is C18H27FN4O3S. The summed E-state index contributed by atoms with van der Waals surface area (Å²) in [5, 5.41) is 3.09. The molecule has 0 radical (unpaired) electrons. The van der Waals surface area contributed by atoms with E-state index in [1.807, 2.05) is 0 Å². The van der Waals surface area contributed by atoms with Gasteiger partial charge in [-0.15, -0.1) is 4.31 Å². The minimum absolute atomic E-state index is 0.172. The second-order valence-electron chi connectivity index (χ2n) is 7.99. The molecule has 1 heterocycles. The van der Waals surface area contributed by atoms with Gasteiger partial charge in [0, 0.05) is 18.3 Å². The van der Waals surface area contributed by atoms with Crippen LogP contribution in [0.25, 0.3) is 0 Å². The van der Waals surface area contributed by atoms with E-state index >= 15 is 0 Å². The SMILES string of the molecule is CN1C[C@@H](c2cc(N)ccc2F)NC(=NC(=O)OC(C)(C)C)C(C)(C)[S+]1[O-]. The summed E-state index contributed by atoms with van der Waals surface area (Å²) in [5.74, 6) is -0.275. The van der Waals surface area contributed by atoms with E-state index in [0.717, 1.165) is 0 Å². The first-order chi connectivity index (χ1) is 12.3. The fourth-order valence-corrected chi connectivity index (χ4v) is 4.06. The number of amides is 1. The van der Waals surface area contributed by atoms with Crippen LogP contribution in [0.4, 0.5) is 14.9 Å². The number of nitrogens with zero attached hydrogens (tertiary/aromatic N) is 2. The Hall–Kier alpha value is -1.84. The zero-order valence-electron chi connectivity index (χ0n) is 16.5. The van der Waals surface area contributed by atoms with Crippen molar-refractivity contribution in [3.05, 3.63) is 29.6 Å². The minimum atomic E-state index is -1.51. The van der Waals surface area contributed by atoms with Crippen LogP contribution in [0.1, 0.15) is 46.2 Å². The molecular weight excluding hydrogens is 371 g/mol. The Morgan fingerprint density at radius 2 is 2.11 bits per heavy atom. The Labute approximate surface area is 162 Å². The number of ether oxygens (including phenoxy) is 1. The summed E-state index contributed by atoms with van der Waals surface area (Å²) in [5.41, 5.74) is 5.81. The number of nitrogens with two attached hydrogens (primary N) is 1. The van der Waals surface area contributed by atoms with Gasteiger partial charge in [-0.2, -0.15) is 4.99 Å². The van der Waals surface area contributed by atoms with Crippen LogP contribution in [0.15, 0.2) is 23.2 Å². The van der Waals surface area contributed by atoms with E-state index < -0.39 is 39.7 Å². The Morgan fingerprint density at radius 3 is 2.70 bits per heavy atom. The molecule has 1 aromatic carbocycles. The van der Waals surface area contributed by atoms with Crippen LogP contribution in [-0.4, -0.2) is 44.7 Å². The molecule has 1 aliphatic rings. The number of hydrogen-bond acceptors (Lipinski definition) is 5. The van der Waals surface area contributed by atoms with E-state index in [4.69, 9.17) is 10.5 Å². The van der Waals surface area contributed by atoms with Crippen LogP contribution in [-0.2, 0) is 16.1 Å². The van der Waals surface area contributed by atoms with Crippen LogP contribution in [0.2, 0.25) is 0 Å². The van der Waals surface area contributed by atoms with Crippen molar-refractivity contribution < 1.29 is 18.5 Å². The molecule has 1 unspecified atom stereocenters. The van der Waals surface area contributed by atoms with E-state index in [1.54, 1.807) is 46.0 Å². The molecule has 1 aliphatic heterocycles. The van der Waals surface area contributed by atoms with Gasteiger partial charge >= 0.3 is 6.09 Å². The number of benzene rings is 1. The molecule has 0 saturated carbocycles. The van der Waals surface area contributed by atoms with E-state index in [2.05, 4.69) is 10.3 Å². The number of hydrogen-bond donors (Lipinski definition) is 2. The lowest BCUT2D eigenvalue weighted by Crippen LogP contribution is -2.49. The third-order valence-corrected chi connectivity index (χ3v) is 5.81. The van der Waals surface area contributed by atoms with Crippen molar-refractivity contribution in [1.29, 1.82) is 0 Å². The smallest absolute Gasteiger partial charge is 0.435 e. The molecule has 1 aromatic rings. The topological polar surface area (TPSA) is 103 Å². The molecule has 9 heteroatoms. The maximum absolute atomic E-state index is 14.4. The third kappa shape index (κ3) is 5.12. The van der Waals surface area contributed by atoms with Crippen LogP contribution in [0, 0.1) is 5.82 Å². The van der Waals surface area contributed by atoms with Crippen LogP contribution in [0.5, 0.6) is 0 Å². The fraction of sp³-hybridized carbons (Fsp3) is 0.556. The number of carbonyl (C=O) groups excluding carboxylic acids is 1. The van der Waals surface area contributed by atoms with Crippen molar-refractivity contribution in [2.45, 2.75) is 51.0 Å². The highest BCUT2D eigenvalue weighted by molar-refractivity contribution is 7.91. The van der Waals surface area contributed by atoms with Gasteiger partial charge in [-0.3, -0.25) is 0 Å². The van der Waals surface area contributed by atoms with Gasteiger partial charge in [0.25, 0.3) is 0 Å². The highest BCUT2D eigenvalue weighted by Gasteiger charge is 2.46. The molecule has 3 N–H and O–H groups in total. The molecule has 27 heavy (non-hydrogen) atoms. The summed E-state index contributed by atoms with van der Waals surface area (Å²) in [4.78, 5) is 16.2. The number of carbonyl (C=O) groups is 1. The monoisotopic (exact) mass is 398 g/mol. The molecule has 0 bridgehead atoms. The molecule has 1 fully saturated rings. The summed E-state index contributed by atoms with van der Waals surface area (Å²) < 4.78 is 33.2. The van der Waals surface area contributed by atoms with Crippen molar-refractivity contribution in [2.75, 3.05) is 19.3 Å². The van der Waals surface area contributed by atoms with Crippen LogP contribution < -0.4 is 11.1 Å². The van der Waals surface area contributed by atoms with E-state index in [1.165, 1.54) is 18.2 Å². The van der Waals surface area contributed by atoms with E-state index in [9.17, 15) is 13.7 Å². The lowest BCUT2D eigenvalue weighted by atomic mass is 10.0. The van der Waals surface area contributed by atoms with Gasteiger partial charge in [-0.05, 0) is 52.8 Å². The Bertz CT molecular complexity index is 749. The maximum atomic E-state index is 14.4. The second-order valence-corrected chi connectivity index (χ2v) is 10.1. The molecule has 0 aromatic heterocycles. The number of anilines is 1. The standard InChI is InChI=1S/C18H27FN4O3S/c1-17(2,3)26-16(24)22-15-18(4,5)27(25)23(6)10-14(21-15)12-9-11(20)7-8-13(12)19/h7-9,14H,10,20H2,1-6H3,(H,21,22,24)/t14-,27?/m0/s1. The van der Waals surface area contributed by atoms with Crippen molar-refractivity contribution in [1.82, 2.24) is 9.62 Å². The number of halogens is 1. The number of likely N-dealkylation sites (N-methyl/N-ethyl adjacent to an activating group) is 1. The summed E-state index contributed by atoms with van der Waals surface area (Å²) >= 11 is -1.51. The number of nitrogen functional groups attached to an aromatic ring is 1. The highest BCUT2D eigenvalue weighted by atomic mass is 32.2. The lowest BCUT2D eigenvalue weighted by Gasteiger charge is -2.30. The number of amidine groups is 1. The first-order valence-electron chi connectivity index (χ1n) is 8.58. The normalized spacial score (nSPS) is 25.0. The van der Waals surface area contributed by atoms with Crippen molar-refractivity contribution in [3.63, 3.8) is 0 Å². The third-order valence-electron chi connectivity index (χ3n) is 4.03. The van der Waals surface area contributed by atoms with Gasteiger partial charge in [0.15, 0.2) is 10.6 Å².